The van der Waals surface area contributed by atoms with Gasteiger partial charge in [-0.2, -0.15) is 0 Å². The van der Waals surface area contributed by atoms with Crippen LogP contribution in [0.5, 0.6) is 0 Å². The van der Waals surface area contributed by atoms with E-state index in [4.69, 9.17) is 11.6 Å². The Bertz CT molecular complexity index is 603. The van der Waals surface area contributed by atoms with Gasteiger partial charge in [0.2, 0.25) is 0 Å². The lowest BCUT2D eigenvalue weighted by atomic mass is 9.98. The van der Waals surface area contributed by atoms with Gasteiger partial charge in [-0.15, -0.1) is 0 Å². The summed E-state index contributed by atoms with van der Waals surface area (Å²) in [7, 11) is 0. The molecule has 0 fully saturated rings. The summed E-state index contributed by atoms with van der Waals surface area (Å²) in [5.74, 6) is -0.214. The van der Waals surface area contributed by atoms with Crippen LogP contribution in [0.3, 0.4) is 0 Å². The normalized spacial score (nSPS) is 12.4. The Kier molecular flexibility index (Phi) is 6.22. The van der Waals surface area contributed by atoms with E-state index in [2.05, 4.69) is 28.2 Å². The molecule has 0 aromatic heterocycles. The average Bonchev–Trinajstić information content (AvgIpc) is 2.47. The van der Waals surface area contributed by atoms with Gasteiger partial charge >= 0.3 is 0 Å². The molecule has 0 amide bonds. The molecule has 112 valence electrons. The Hall–Kier alpha value is -0.900. The molecule has 0 radical (unpaired) electrons. The minimum absolute atomic E-state index is 0.113. The molecule has 0 spiro atoms. The van der Waals surface area contributed by atoms with E-state index in [1.165, 1.54) is 6.07 Å². The van der Waals surface area contributed by atoms with Crippen molar-refractivity contribution in [1.29, 1.82) is 0 Å². The minimum atomic E-state index is -0.214. The van der Waals surface area contributed by atoms with E-state index in [0.29, 0.717) is 11.4 Å². The fourth-order valence-corrected chi connectivity index (χ4v) is 2.88. The highest BCUT2D eigenvalue weighted by Crippen LogP contribution is 2.26. The van der Waals surface area contributed by atoms with Gasteiger partial charge in [0.1, 0.15) is 5.82 Å². The Morgan fingerprint density at radius 3 is 2.76 bits per heavy atom. The third kappa shape index (κ3) is 4.80. The van der Waals surface area contributed by atoms with Crippen molar-refractivity contribution in [1.82, 2.24) is 5.32 Å². The molecule has 0 aliphatic heterocycles. The quantitative estimate of drug-likeness (QED) is 0.705. The molecule has 2 aromatic carbocycles. The van der Waals surface area contributed by atoms with Crippen molar-refractivity contribution in [2.45, 2.75) is 25.8 Å². The van der Waals surface area contributed by atoms with Crippen molar-refractivity contribution in [3.8, 4) is 0 Å². The van der Waals surface area contributed by atoms with Crippen molar-refractivity contribution in [2.24, 2.45) is 0 Å². The number of benzene rings is 2. The van der Waals surface area contributed by atoms with Crippen molar-refractivity contribution in [3.63, 3.8) is 0 Å². The molecule has 2 rings (SSSR count). The van der Waals surface area contributed by atoms with Gasteiger partial charge in [0.25, 0.3) is 0 Å². The SMILES string of the molecule is CCCNC(Cc1cc(F)ccc1Br)c1cccc(Cl)c1. The highest BCUT2D eigenvalue weighted by Gasteiger charge is 2.14. The Morgan fingerprint density at radius 1 is 1.24 bits per heavy atom. The first-order valence-electron chi connectivity index (χ1n) is 7.03. The lowest BCUT2D eigenvalue weighted by Gasteiger charge is -2.20. The molecular weight excluding hydrogens is 353 g/mol. The summed E-state index contributed by atoms with van der Waals surface area (Å²) < 4.78 is 14.4. The van der Waals surface area contributed by atoms with E-state index >= 15 is 0 Å². The van der Waals surface area contributed by atoms with Crippen LogP contribution in [0.15, 0.2) is 46.9 Å². The van der Waals surface area contributed by atoms with Crippen molar-refractivity contribution in [2.75, 3.05) is 6.54 Å². The molecule has 1 unspecified atom stereocenters. The maximum absolute atomic E-state index is 13.5. The predicted octanol–water partition coefficient (Wildman–Crippen LogP) is 5.53. The van der Waals surface area contributed by atoms with Crippen LogP contribution in [0.2, 0.25) is 5.02 Å². The zero-order chi connectivity index (χ0) is 15.2. The molecule has 2 aromatic rings. The fraction of sp³-hybridized carbons (Fsp3) is 0.294. The van der Waals surface area contributed by atoms with E-state index in [9.17, 15) is 4.39 Å². The maximum atomic E-state index is 13.5. The van der Waals surface area contributed by atoms with E-state index in [-0.39, 0.29) is 11.9 Å². The average molecular weight is 371 g/mol. The monoisotopic (exact) mass is 369 g/mol. The van der Waals surface area contributed by atoms with Crippen molar-refractivity contribution in [3.05, 3.63) is 68.9 Å². The second kappa shape index (κ2) is 7.92. The van der Waals surface area contributed by atoms with E-state index in [1.54, 1.807) is 12.1 Å². The van der Waals surface area contributed by atoms with Gasteiger partial charge in [0.15, 0.2) is 0 Å². The topological polar surface area (TPSA) is 12.0 Å². The summed E-state index contributed by atoms with van der Waals surface area (Å²) in [6, 6.07) is 12.7. The maximum Gasteiger partial charge on any atom is 0.123 e. The van der Waals surface area contributed by atoms with E-state index in [1.807, 2.05) is 24.3 Å². The lowest BCUT2D eigenvalue weighted by molar-refractivity contribution is 0.526. The summed E-state index contributed by atoms with van der Waals surface area (Å²) in [5.41, 5.74) is 2.07. The largest absolute Gasteiger partial charge is 0.310 e. The molecule has 1 nitrogen and oxygen atoms in total. The summed E-state index contributed by atoms with van der Waals surface area (Å²) in [4.78, 5) is 0. The smallest absolute Gasteiger partial charge is 0.123 e. The van der Waals surface area contributed by atoms with Crippen LogP contribution < -0.4 is 5.32 Å². The Balaban J connectivity index is 2.25. The summed E-state index contributed by atoms with van der Waals surface area (Å²) >= 11 is 9.58. The third-order valence-electron chi connectivity index (χ3n) is 3.32. The van der Waals surface area contributed by atoms with Crippen LogP contribution in [0.25, 0.3) is 0 Å². The van der Waals surface area contributed by atoms with E-state index < -0.39 is 0 Å². The molecular formula is C17H18BrClFN. The molecule has 21 heavy (non-hydrogen) atoms. The fourth-order valence-electron chi connectivity index (χ4n) is 2.27. The standard InChI is InChI=1S/C17H18BrClFN/c1-2-8-21-17(12-4-3-5-14(19)9-12)11-13-10-15(20)6-7-16(13)18/h3-7,9-10,17,21H,2,8,11H2,1H3. The zero-order valence-electron chi connectivity index (χ0n) is 11.9. The first-order chi connectivity index (χ1) is 10.1. The third-order valence-corrected chi connectivity index (χ3v) is 4.33. The minimum Gasteiger partial charge on any atom is -0.310 e. The van der Waals surface area contributed by atoms with Crippen LogP contribution in [-0.2, 0) is 6.42 Å². The number of hydrogen-bond donors (Lipinski definition) is 1. The van der Waals surface area contributed by atoms with Gasteiger partial charge in [0.05, 0.1) is 0 Å². The van der Waals surface area contributed by atoms with Crippen molar-refractivity contribution < 1.29 is 4.39 Å². The molecule has 0 heterocycles. The Morgan fingerprint density at radius 2 is 2.05 bits per heavy atom. The van der Waals surface area contributed by atoms with Crippen LogP contribution in [-0.4, -0.2) is 6.54 Å². The summed E-state index contributed by atoms with van der Waals surface area (Å²) in [5, 5.41) is 4.22. The van der Waals surface area contributed by atoms with Gasteiger partial charge in [-0.05, 0) is 60.8 Å². The van der Waals surface area contributed by atoms with Crippen molar-refractivity contribution >= 4 is 27.5 Å². The van der Waals surface area contributed by atoms with Gasteiger partial charge in [0, 0.05) is 15.5 Å². The molecule has 0 saturated carbocycles. The number of hydrogen-bond acceptors (Lipinski definition) is 1. The summed E-state index contributed by atoms with van der Waals surface area (Å²) in [6.07, 6.45) is 1.75. The van der Waals surface area contributed by atoms with Crippen LogP contribution in [0.4, 0.5) is 4.39 Å². The van der Waals surface area contributed by atoms with Gasteiger partial charge in [-0.1, -0.05) is 46.6 Å². The zero-order valence-corrected chi connectivity index (χ0v) is 14.2. The molecule has 1 N–H and O–H groups in total. The number of halogens is 3. The molecule has 4 heteroatoms. The molecule has 1 atom stereocenters. The Labute approximate surface area is 138 Å². The van der Waals surface area contributed by atoms with Crippen LogP contribution in [0.1, 0.15) is 30.5 Å². The first kappa shape index (κ1) is 16.5. The molecule has 0 aliphatic rings. The predicted molar refractivity (Wildman–Crippen MR) is 90.3 cm³/mol. The molecule has 0 bridgehead atoms. The highest BCUT2D eigenvalue weighted by atomic mass is 79.9. The van der Waals surface area contributed by atoms with Crippen LogP contribution in [0, 0.1) is 5.82 Å². The lowest BCUT2D eigenvalue weighted by Crippen LogP contribution is -2.24. The first-order valence-corrected chi connectivity index (χ1v) is 8.20. The van der Waals surface area contributed by atoms with Gasteiger partial charge in [-0.25, -0.2) is 4.39 Å². The molecule has 0 saturated heterocycles. The number of rotatable bonds is 6. The summed E-state index contributed by atoms with van der Waals surface area (Å²) in [6.45, 7) is 3.03. The van der Waals surface area contributed by atoms with Gasteiger partial charge < -0.3 is 5.32 Å². The highest BCUT2D eigenvalue weighted by molar-refractivity contribution is 9.10. The number of nitrogens with one attached hydrogen (secondary N) is 1. The van der Waals surface area contributed by atoms with E-state index in [0.717, 1.165) is 28.6 Å². The van der Waals surface area contributed by atoms with Gasteiger partial charge in [-0.3, -0.25) is 0 Å². The molecule has 0 aliphatic carbocycles. The second-order valence-corrected chi connectivity index (χ2v) is 6.29. The van der Waals surface area contributed by atoms with Crippen LogP contribution >= 0.6 is 27.5 Å². The second-order valence-electron chi connectivity index (χ2n) is 5.00.